The third-order valence-corrected chi connectivity index (χ3v) is 7.11. The Bertz CT molecular complexity index is 688. The van der Waals surface area contributed by atoms with E-state index in [2.05, 4.69) is 17.7 Å². The number of unbranched alkanes of at least 4 members (excludes halogenated alkanes) is 2. The van der Waals surface area contributed by atoms with Crippen LogP contribution in [0.4, 0.5) is 0 Å². The average molecular weight is 419 g/mol. The monoisotopic (exact) mass is 418 g/mol. The fraction of sp³-hybridized carbons (Fsp3) is 0.720. The molecule has 2 aliphatic carbocycles. The van der Waals surface area contributed by atoms with E-state index in [1.165, 1.54) is 31.1 Å². The second-order valence-corrected chi connectivity index (χ2v) is 9.09. The first-order valence-corrected chi connectivity index (χ1v) is 11.7. The van der Waals surface area contributed by atoms with E-state index < -0.39 is 0 Å². The standard InChI is InChI=1S/C25H38O5/c1-3-4-5-8-19(26)10-11-20-21-14-17-7-6-9-24(30-13-12-25(28)29-2)22(17)15-18(21)16-23(20)27/h6-7,9,18-21,23,26-27H,3-5,8,10-16H2,1-2H3/t18?,19-,20?,21?,23?/m0/s1. The van der Waals surface area contributed by atoms with Gasteiger partial charge in [0.25, 0.3) is 0 Å². The van der Waals surface area contributed by atoms with Gasteiger partial charge in [-0.25, -0.2) is 0 Å². The molecule has 0 bridgehead atoms. The van der Waals surface area contributed by atoms with Gasteiger partial charge in [0.1, 0.15) is 5.75 Å². The topological polar surface area (TPSA) is 76.0 Å². The second-order valence-electron chi connectivity index (χ2n) is 9.09. The van der Waals surface area contributed by atoms with Crippen LogP contribution in [0.3, 0.4) is 0 Å². The van der Waals surface area contributed by atoms with Crippen LogP contribution in [-0.4, -0.2) is 42.1 Å². The quantitative estimate of drug-likeness (QED) is 0.419. The number of carbonyl (C=O) groups excluding carboxylic acids is 1. The van der Waals surface area contributed by atoms with Crippen LogP contribution in [0.15, 0.2) is 18.2 Å². The van der Waals surface area contributed by atoms with Crippen molar-refractivity contribution >= 4 is 5.97 Å². The first kappa shape index (κ1) is 23.1. The molecule has 0 radical (unpaired) electrons. The molecule has 0 amide bonds. The highest BCUT2D eigenvalue weighted by Crippen LogP contribution is 2.48. The summed E-state index contributed by atoms with van der Waals surface area (Å²) >= 11 is 0. The van der Waals surface area contributed by atoms with Gasteiger partial charge in [-0.1, -0.05) is 38.3 Å². The van der Waals surface area contributed by atoms with Gasteiger partial charge in [-0.2, -0.15) is 0 Å². The Labute approximate surface area is 180 Å². The minimum Gasteiger partial charge on any atom is -0.493 e. The molecule has 4 unspecified atom stereocenters. The zero-order valence-corrected chi connectivity index (χ0v) is 18.5. The van der Waals surface area contributed by atoms with E-state index in [4.69, 9.17) is 4.74 Å². The van der Waals surface area contributed by atoms with E-state index in [9.17, 15) is 15.0 Å². The Kier molecular flexibility index (Phi) is 8.58. The van der Waals surface area contributed by atoms with Gasteiger partial charge in [0, 0.05) is 0 Å². The third-order valence-electron chi connectivity index (χ3n) is 7.11. The zero-order valence-electron chi connectivity index (χ0n) is 18.5. The normalized spacial score (nSPS) is 26.0. The Morgan fingerprint density at radius 3 is 2.83 bits per heavy atom. The van der Waals surface area contributed by atoms with Crippen LogP contribution in [0.25, 0.3) is 0 Å². The number of aliphatic hydroxyl groups excluding tert-OH is 2. The van der Waals surface area contributed by atoms with Gasteiger partial charge in [-0.05, 0) is 73.5 Å². The lowest BCUT2D eigenvalue weighted by Gasteiger charge is -2.32. The molecule has 5 atom stereocenters. The van der Waals surface area contributed by atoms with E-state index in [1.807, 2.05) is 12.1 Å². The van der Waals surface area contributed by atoms with Crippen LogP contribution in [-0.2, 0) is 22.4 Å². The molecule has 30 heavy (non-hydrogen) atoms. The number of hydrogen-bond donors (Lipinski definition) is 2. The summed E-state index contributed by atoms with van der Waals surface area (Å²) in [5.74, 6) is 1.80. The lowest BCUT2D eigenvalue weighted by atomic mass is 9.73. The molecule has 1 aromatic rings. The van der Waals surface area contributed by atoms with Crippen molar-refractivity contribution in [3.8, 4) is 5.75 Å². The fourth-order valence-electron chi connectivity index (χ4n) is 5.44. The van der Waals surface area contributed by atoms with Gasteiger partial charge in [0.05, 0.1) is 32.3 Å². The van der Waals surface area contributed by atoms with E-state index >= 15 is 0 Å². The number of carbonyl (C=O) groups is 1. The third kappa shape index (κ3) is 5.76. The maximum Gasteiger partial charge on any atom is 0.308 e. The van der Waals surface area contributed by atoms with Crippen LogP contribution in [0, 0.1) is 17.8 Å². The summed E-state index contributed by atoms with van der Waals surface area (Å²) < 4.78 is 10.6. The molecule has 168 valence electrons. The summed E-state index contributed by atoms with van der Waals surface area (Å²) in [6.45, 7) is 2.50. The molecule has 0 spiro atoms. The molecule has 0 aromatic heterocycles. The molecule has 0 saturated heterocycles. The highest BCUT2D eigenvalue weighted by Gasteiger charge is 2.44. The van der Waals surface area contributed by atoms with Gasteiger partial charge in [0.2, 0.25) is 0 Å². The van der Waals surface area contributed by atoms with Gasteiger partial charge >= 0.3 is 5.97 Å². The van der Waals surface area contributed by atoms with Crippen molar-refractivity contribution in [1.82, 2.24) is 0 Å². The predicted molar refractivity (Wildman–Crippen MR) is 116 cm³/mol. The van der Waals surface area contributed by atoms with Crippen molar-refractivity contribution in [2.24, 2.45) is 17.8 Å². The van der Waals surface area contributed by atoms with E-state index in [0.29, 0.717) is 18.4 Å². The van der Waals surface area contributed by atoms with Crippen molar-refractivity contribution < 1.29 is 24.5 Å². The Balaban J connectivity index is 1.59. The SMILES string of the molecule is CCCCC[C@H](O)CCC1C(O)CC2Cc3c(cccc3OCCC(=O)OC)CC21. The molecule has 3 rings (SSSR count). The van der Waals surface area contributed by atoms with Crippen LogP contribution < -0.4 is 4.74 Å². The molecule has 1 aromatic carbocycles. The number of rotatable bonds is 11. The van der Waals surface area contributed by atoms with Gasteiger partial charge in [0.15, 0.2) is 0 Å². The van der Waals surface area contributed by atoms with Crippen LogP contribution in [0.1, 0.15) is 69.4 Å². The first-order chi connectivity index (χ1) is 14.5. The molecule has 5 heteroatoms. The lowest BCUT2D eigenvalue weighted by Crippen LogP contribution is -2.28. The first-order valence-electron chi connectivity index (χ1n) is 11.7. The average Bonchev–Trinajstić information content (AvgIpc) is 3.04. The van der Waals surface area contributed by atoms with Gasteiger partial charge in [-0.15, -0.1) is 0 Å². The number of esters is 1. The van der Waals surface area contributed by atoms with Crippen molar-refractivity contribution in [2.45, 2.75) is 83.3 Å². The molecule has 2 N–H and O–H groups in total. The molecule has 0 aliphatic heterocycles. The highest BCUT2D eigenvalue weighted by atomic mass is 16.5. The van der Waals surface area contributed by atoms with Crippen molar-refractivity contribution in [2.75, 3.05) is 13.7 Å². The Morgan fingerprint density at radius 1 is 1.23 bits per heavy atom. The zero-order chi connectivity index (χ0) is 21.5. The van der Waals surface area contributed by atoms with E-state index in [-0.39, 0.29) is 30.5 Å². The number of aliphatic hydroxyl groups is 2. The number of benzene rings is 1. The number of fused-ring (bicyclic) bond motifs is 2. The molecular weight excluding hydrogens is 380 g/mol. The van der Waals surface area contributed by atoms with Crippen molar-refractivity contribution in [3.05, 3.63) is 29.3 Å². The maximum absolute atomic E-state index is 11.3. The predicted octanol–water partition coefficient (Wildman–Crippen LogP) is 4.06. The van der Waals surface area contributed by atoms with Crippen molar-refractivity contribution in [1.29, 1.82) is 0 Å². The number of ether oxygens (including phenoxy) is 2. The molecule has 0 heterocycles. The summed E-state index contributed by atoms with van der Waals surface area (Å²) in [4.78, 5) is 11.3. The molecule has 1 fully saturated rings. The molecule has 1 saturated carbocycles. The van der Waals surface area contributed by atoms with Crippen LogP contribution >= 0.6 is 0 Å². The Morgan fingerprint density at radius 2 is 2.07 bits per heavy atom. The Hall–Kier alpha value is -1.59. The minimum absolute atomic E-state index is 0.242. The lowest BCUT2D eigenvalue weighted by molar-refractivity contribution is -0.141. The maximum atomic E-state index is 11.3. The van der Waals surface area contributed by atoms with E-state index in [1.54, 1.807) is 0 Å². The van der Waals surface area contributed by atoms with E-state index in [0.717, 1.165) is 50.7 Å². The summed E-state index contributed by atoms with van der Waals surface area (Å²) in [6, 6.07) is 6.16. The smallest absolute Gasteiger partial charge is 0.308 e. The summed E-state index contributed by atoms with van der Waals surface area (Å²) in [5.41, 5.74) is 2.53. The molecule has 2 aliphatic rings. The van der Waals surface area contributed by atoms with Gasteiger partial charge < -0.3 is 19.7 Å². The summed E-state index contributed by atoms with van der Waals surface area (Å²) in [6.07, 6.45) is 8.43. The molecular formula is C25H38O5. The van der Waals surface area contributed by atoms with Crippen LogP contribution in [0.5, 0.6) is 5.75 Å². The fourth-order valence-corrected chi connectivity index (χ4v) is 5.44. The minimum atomic E-state index is -0.277. The van der Waals surface area contributed by atoms with Crippen LogP contribution in [0.2, 0.25) is 0 Å². The van der Waals surface area contributed by atoms with Crippen molar-refractivity contribution in [3.63, 3.8) is 0 Å². The summed E-state index contributed by atoms with van der Waals surface area (Å²) in [7, 11) is 1.39. The van der Waals surface area contributed by atoms with Gasteiger partial charge in [-0.3, -0.25) is 4.79 Å². The summed E-state index contributed by atoms with van der Waals surface area (Å²) in [5, 5.41) is 21.1. The number of hydrogen-bond acceptors (Lipinski definition) is 5. The highest BCUT2D eigenvalue weighted by molar-refractivity contribution is 5.69. The largest absolute Gasteiger partial charge is 0.493 e. The number of methoxy groups -OCH3 is 1. The second kappa shape index (κ2) is 11.1. The molecule has 5 nitrogen and oxygen atoms in total.